The molecule has 0 aliphatic heterocycles. The molecule has 3 nitrogen and oxygen atoms in total. The molecular weight excluding hydrogens is 281 g/mol. The number of methoxy groups -OCH3 is 1. The molecule has 4 heteroatoms. The smallest absolute Gasteiger partial charge is 0.165 e. The first kappa shape index (κ1) is 15.8. The molecule has 2 bridgehead atoms. The summed E-state index contributed by atoms with van der Waals surface area (Å²) in [5, 5.41) is 11.5. The zero-order valence-electron chi connectivity index (χ0n) is 13.7. The molecule has 122 valence electrons. The summed E-state index contributed by atoms with van der Waals surface area (Å²) in [7, 11) is 5.56. The van der Waals surface area contributed by atoms with Gasteiger partial charge in [0.05, 0.1) is 12.7 Å². The quantitative estimate of drug-likeness (QED) is 0.928. The van der Waals surface area contributed by atoms with Gasteiger partial charge in [0.1, 0.15) is 0 Å². The summed E-state index contributed by atoms with van der Waals surface area (Å²) in [5.41, 5.74) is -0.0794. The minimum absolute atomic E-state index is 0.191. The number of hydrogen-bond donors (Lipinski definition) is 1. The molecule has 2 saturated carbocycles. The van der Waals surface area contributed by atoms with Gasteiger partial charge >= 0.3 is 0 Å². The Balaban J connectivity index is 2.00. The van der Waals surface area contributed by atoms with Gasteiger partial charge in [-0.05, 0) is 62.9 Å². The van der Waals surface area contributed by atoms with Crippen LogP contribution in [0.25, 0.3) is 0 Å². The van der Waals surface area contributed by atoms with Gasteiger partial charge in [-0.25, -0.2) is 4.39 Å². The number of hydrogen-bond acceptors (Lipinski definition) is 3. The minimum atomic E-state index is -0.880. The van der Waals surface area contributed by atoms with Gasteiger partial charge < -0.3 is 14.7 Å². The highest BCUT2D eigenvalue weighted by Gasteiger charge is 2.51. The Bertz CT molecular complexity index is 548. The highest BCUT2D eigenvalue weighted by Crippen LogP contribution is 2.54. The summed E-state index contributed by atoms with van der Waals surface area (Å²) in [6, 6.07) is 4.82. The Morgan fingerprint density at radius 2 is 2.14 bits per heavy atom. The molecule has 2 aliphatic carbocycles. The lowest BCUT2D eigenvalue weighted by molar-refractivity contribution is -0.0892. The number of rotatable bonds is 4. The maximum atomic E-state index is 13.7. The number of halogens is 1. The van der Waals surface area contributed by atoms with E-state index < -0.39 is 5.60 Å². The average Bonchev–Trinajstić information content (AvgIpc) is 2.87. The lowest BCUT2D eigenvalue weighted by Crippen LogP contribution is -2.47. The number of fused-ring (bicyclic) bond motifs is 2. The topological polar surface area (TPSA) is 32.7 Å². The van der Waals surface area contributed by atoms with E-state index in [-0.39, 0.29) is 17.5 Å². The van der Waals surface area contributed by atoms with E-state index in [0.717, 1.165) is 18.5 Å². The van der Waals surface area contributed by atoms with Gasteiger partial charge in [-0.3, -0.25) is 0 Å². The highest BCUT2D eigenvalue weighted by atomic mass is 19.1. The van der Waals surface area contributed by atoms with Gasteiger partial charge in [0.2, 0.25) is 0 Å². The molecular formula is C18H26FNO2. The molecule has 0 aromatic heterocycles. The molecule has 0 radical (unpaired) electrons. The summed E-state index contributed by atoms with van der Waals surface area (Å²) < 4.78 is 18.8. The van der Waals surface area contributed by atoms with Crippen LogP contribution in [-0.4, -0.2) is 37.8 Å². The zero-order chi connectivity index (χ0) is 15.9. The van der Waals surface area contributed by atoms with Crippen LogP contribution in [0.5, 0.6) is 5.75 Å². The SMILES string of the molecule is COc1cc([C@@]2(O)C[C@H]3CC[C@H](C3)[C@@H]2CN(C)C)ccc1F. The van der Waals surface area contributed by atoms with Crippen LogP contribution in [0.1, 0.15) is 31.2 Å². The van der Waals surface area contributed by atoms with Crippen LogP contribution in [0.2, 0.25) is 0 Å². The third kappa shape index (κ3) is 2.63. The normalized spacial score (nSPS) is 34.2. The monoisotopic (exact) mass is 307 g/mol. The van der Waals surface area contributed by atoms with E-state index in [1.54, 1.807) is 12.1 Å². The predicted molar refractivity (Wildman–Crippen MR) is 84.3 cm³/mol. The summed E-state index contributed by atoms with van der Waals surface area (Å²) in [6.07, 6.45) is 4.40. The number of benzene rings is 1. The van der Waals surface area contributed by atoms with E-state index in [2.05, 4.69) is 4.90 Å². The molecule has 0 saturated heterocycles. The molecule has 0 heterocycles. The molecule has 2 fully saturated rings. The average molecular weight is 307 g/mol. The van der Waals surface area contributed by atoms with E-state index in [1.165, 1.54) is 32.4 Å². The van der Waals surface area contributed by atoms with Crippen molar-refractivity contribution in [1.29, 1.82) is 0 Å². The molecule has 22 heavy (non-hydrogen) atoms. The third-order valence-corrected chi connectivity index (χ3v) is 5.58. The molecule has 0 amide bonds. The standard InChI is InChI=1S/C18H26FNO2/c1-20(2)11-15-13-5-4-12(8-13)10-18(15,21)14-6-7-16(19)17(9-14)22-3/h6-7,9,12-13,15,21H,4-5,8,10-11H2,1-3H3/t12-,13+,15-,18-/m0/s1. The van der Waals surface area contributed by atoms with Crippen molar-refractivity contribution in [2.45, 2.75) is 31.3 Å². The summed E-state index contributed by atoms with van der Waals surface area (Å²) in [4.78, 5) is 2.15. The van der Waals surface area contributed by atoms with E-state index in [0.29, 0.717) is 11.8 Å². The fourth-order valence-corrected chi connectivity index (χ4v) is 4.60. The molecule has 1 aromatic rings. The Kier molecular flexibility index (Phi) is 4.17. The molecule has 1 N–H and O–H groups in total. The van der Waals surface area contributed by atoms with Crippen LogP contribution >= 0.6 is 0 Å². The van der Waals surface area contributed by atoms with Gasteiger partial charge in [-0.15, -0.1) is 0 Å². The molecule has 1 aromatic carbocycles. The molecule has 0 unspecified atom stereocenters. The van der Waals surface area contributed by atoms with E-state index in [9.17, 15) is 9.50 Å². The maximum Gasteiger partial charge on any atom is 0.165 e. The van der Waals surface area contributed by atoms with Crippen LogP contribution in [-0.2, 0) is 5.60 Å². The molecule has 0 spiro atoms. The molecule has 4 atom stereocenters. The first-order valence-corrected chi connectivity index (χ1v) is 8.15. The summed E-state index contributed by atoms with van der Waals surface area (Å²) in [6.45, 7) is 0.855. The Morgan fingerprint density at radius 1 is 1.36 bits per heavy atom. The van der Waals surface area contributed by atoms with Gasteiger partial charge in [0.15, 0.2) is 11.6 Å². The van der Waals surface area contributed by atoms with Crippen LogP contribution in [0.3, 0.4) is 0 Å². The van der Waals surface area contributed by atoms with Crippen molar-refractivity contribution in [2.24, 2.45) is 17.8 Å². The molecule has 3 rings (SSSR count). The van der Waals surface area contributed by atoms with Crippen LogP contribution in [0.4, 0.5) is 4.39 Å². The first-order valence-electron chi connectivity index (χ1n) is 8.15. The lowest BCUT2D eigenvalue weighted by Gasteiger charge is -2.45. The van der Waals surface area contributed by atoms with Crippen molar-refractivity contribution < 1.29 is 14.2 Å². The highest BCUT2D eigenvalue weighted by molar-refractivity contribution is 5.35. The second-order valence-electron chi connectivity index (χ2n) is 7.29. The Morgan fingerprint density at radius 3 is 2.82 bits per heavy atom. The van der Waals surface area contributed by atoms with Crippen molar-refractivity contribution in [3.8, 4) is 5.75 Å². The number of nitrogens with zero attached hydrogens (tertiary/aromatic N) is 1. The maximum absolute atomic E-state index is 13.7. The van der Waals surface area contributed by atoms with Gasteiger partial charge in [-0.1, -0.05) is 12.5 Å². The van der Waals surface area contributed by atoms with Crippen LogP contribution < -0.4 is 4.74 Å². The van der Waals surface area contributed by atoms with E-state index in [4.69, 9.17) is 4.74 Å². The molecule has 2 aliphatic rings. The van der Waals surface area contributed by atoms with Crippen LogP contribution in [0.15, 0.2) is 18.2 Å². The van der Waals surface area contributed by atoms with Gasteiger partial charge in [0, 0.05) is 12.5 Å². The number of ether oxygens (including phenoxy) is 1. The Hall–Kier alpha value is -1.13. The van der Waals surface area contributed by atoms with E-state index >= 15 is 0 Å². The fraction of sp³-hybridized carbons (Fsp3) is 0.667. The Labute approximate surface area is 132 Å². The van der Waals surface area contributed by atoms with Gasteiger partial charge in [-0.2, -0.15) is 0 Å². The first-order chi connectivity index (χ1) is 10.4. The van der Waals surface area contributed by atoms with Crippen molar-refractivity contribution in [1.82, 2.24) is 4.90 Å². The van der Waals surface area contributed by atoms with Crippen molar-refractivity contribution in [3.63, 3.8) is 0 Å². The van der Waals surface area contributed by atoms with Gasteiger partial charge in [0.25, 0.3) is 0 Å². The van der Waals surface area contributed by atoms with Crippen molar-refractivity contribution in [2.75, 3.05) is 27.7 Å². The predicted octanol–water partition coefficient (Wildman–Crippen LogP) is 3.02. The van der Waals surface area contributed by atoms with Crippen molar-refractivity contribution in [3.05, 3.63) is 29.6 Å². The second-order valence-corrected chi connectivity index (χ2v) is 7.29. The zero-order valence-corrected chi connectivity index (χ0v) is 13.7. The summed E-state index contributed by atoms with van der Waals surface area (Å²) >= 11 is 0. The lowest BCUT2D eigenvalue weighted by atomic mass is 9.66. The fourth-order valence-electron chi connectivity index (χ4n) is 4.60. The van der Waals surface area contributed by atoms with E-state index in [1.807, 2.05) is 14.1 Å². The van der Waals surface area contributed by atoms with Crippen LogP contribution in [0, 0.1) is 23.6 Å². The second kappa shape index (κ2) is 5.82. The largest absolute Gasteiger partial charge is 0.494 e. The minimum Gasteiger partial charge on any atom is -0.494 e. The summed E-state index contributed by atoms with van der Waals surface area (Å²) in [5.74, 6) is 1.17. The van der Waals surface area contributed by atoms with Crippen molar-refractivity contribution >= 4 is 0 Å². The third-order valence-electron chi connectivity index (χ3n) is 5.58. The number of aliphatic hydroxyl groups is 1.